The molecule has 0 radical (unpaired) electrons. The Labute approximate surface area is 178 Å². The first-order valence-corrected chi connectivity index (χ1v) is 10.2. The minimum Gasteiger partial charge on any atom is -0.451 e. The first-order chi connectivity index (χ1) is 15.1. The van der Waals surface area contributed by atoms with Crippen molar-refractivity contribution in [2.24, 2.45) is 0 Å². The van der Waals surface area contributed by atoms with Crippen LogP contribution in [-0.2, 0) is 11.3 Å². The number of aliphatic hydroxyl groups excluding tert-OH is 1. The predicted octanol–water partition coefficient (Wildman–Crippen LogP) is 3.55. The molecule has 3 heterocycles. The van der Waals surface area contributed by atoms with Gasteiger partial charge in [0.2, 0.25) is 0 Å². The number of aliphatic hydroxyl groups is 1. The number of aromatic nitrogens is 2. The fraction of sp³-hybridized carbons (Fsp3) is 0.304. The summed E-state index contributed by atoms with van der Waals surface area (Å²) in [5.41, 5.74) is 0.449. The Kier molecular flexibility index (Phi) is 6.29. The molecule has 0 aliphatic carbocycles. The van der Waals surface area contributed by atoms with Crippen LogP contribution in [0.25, 0.3) is 17.1 Å². The second-order valence-electron chi connectivity index (χ2n) is 7.32. The van der Waals surface area contributed by atoms with E-state index in [9.17, 15) is 14.3 Å². The molecule has 1 aliphatic heterocycles. The highest BCUT2D eigenvalue weighted by atomic mass is 19.1. The molecule has 0 spiro atoms. The van der Waals surface area contributed by atoms with Crippen molar-refractivity contribution >= 4 is 22.9 Å². The smallest absolute Gasteiger partial charge is 0.295 e. The van der Waals surface area contributed by atoms with Gasteiger partial charge in [0.1, 0.15) is 23.0 Å². The molecule has 1 aromatic carbocycles. The highest BCUT2D eigenvalue weighted by molar-refractivity contribution is 5.78. The average molecular weight is 425 g/mol. The van der Waals surface area contributed by atoms with Gasteiger partial charge in [0, 0.05) is 30.2 Å². The third kappa shape index (κ3) is 4.60. The lowest BCUT2D eigenvalue weighted by molar-refractivity contribution is 0.0904. The maximum absolute atomic E-state index is 13.5. The number of fused-ring (bicyclic) bond motifs is 1. The van der Waals surface area contributed by atoms with Crippen LogP contribution in [0.3, 0.4) is 0 Å². The molecule has 0 amide bonds. The van der Waals surface area contributed by atoms with Crippen molar-refractivity contribution in [3.8, 4) is 11.5 Å². The van der Waals surface area contributed by atoms with Crippen molar-refractivity contribution in [1.29, 1.82) is 0 Å². The normalized spacial score (nSPS) is 14.5. The molecule has 162 valence electrons. The molecular weight excluding hydrogens is 401 g/mol. The molecule has 1 fully saturated rings. The quantitative estimate of drug-likeness (QED) is 0.602. The van der Waals surface area contributed by atoms with E-state index in [2.05, 4.69) is 16.9 Å². The van der Waals surface area contributed by atoms with Gasteiger partial charge in [-0.3, -0.25) is 9.36 Å². The molecule has 0 atom stereocenters. The van der Waals surface area contributed by atoms with E-state index in [1.807, 2.05) is 12.1 Å². The standard InChI is InChI=1S/C23H24FN3O4/c1-2-15-13-17(24)4-5-19(15)31-20-14-16-3-6-21(25-18-7-11-30-12-8-18)26-22(16)27(9-10-28)23(20)29/h2-6,13-14,18,28H,1,7-12H2,(H,25,26). The molecule has 2 N–H and O–H groups in total. The van der Waals surface area contributed by atoms with Gasteiger partial charge in [0.25, 0.3) is 5.56 Å². The van der Waals surface area contributed by atoms with Crippen LogP contribution in [0.4, 0.5) is 10.2 Å². The summed E-state index contributed by atoms with van der Waals surface area (Å²) in [5.74, 6) is 0.607. The number of rotatable bonds is 7. The topological polar surface area (TPSA) is 85.6 Å². The lowest BCUT2D eigenvalue weighted by atomic mass is 10.1. The molecule has 3 aromatic rings. The summed E-state index contributed by atoms with van der Waals surface area (Å²) in [5, 5.41) is 13.6. The summed E-state index contributed by atoms with van der Waals surface area (Å²) in [7, 11) is 0. The zero-order valence-electron chi connectivity index (χ0n) is 17.0. The lowest BCUT2D eigenvalue weighted by Gasteiger charge is -2.24. The lowest BCUT2D eigenvalue weighted by Crippen LogP contribution is -2.28. The molecule has 7 nitrogen and oxygen atoms in total. The Bertz CT molecular complexity index is 1160. The van der Waals surface area contributed by atoms with E-state index >= 15 is 0 Å². The summed E-state index contributed by atoms with van der Waals surface area (Å²) in [6.45, 7) is 4.91. The fourth-order valence-electron chi connectivity index (χ4n) is 3.62. The molecule has 4 rings (SSSR count). The second-order valence-corrected chi connectivity index (χ2v) is 7.32. The highest BCUT2D eigenvalue weighted by Gasteiger charge is 2.17. The van der Waals surface area contributed by atoms with Crippen molar-refractivity contribution in [3.63, 3.8) is 0 Å². The SMILES string of the molecule is C=Cc1cc(F)ccc1Oc1cc2ccc(NC3CCOCC3)nc2n(CCO)c1=O. The third-order valence-corrected chi connectivity index (χ3v) is 5.21. The van der Waals surface area contributed by atoms with Gasteiger partial charge in [0.15, 0.2) is 5.75 Å². The minimum absolute atomic E-state index is 0.0580. The average Bonchev–Trinajstić information content (AvgIpc) is 2.78. The molecule has 0 saturated carbocycles. The number of benzene rings is 1. The van der Waals surface area contributed by atoms with E-state index in [1.54, 1.807) is 6.07 Å². The monoisotopic (exact) mass is 425 g/mol. The molecule has 0 unspecified atom stereocenters. The fourth-order valence-corrected chi connectivity index (χ4v) is 3.62. The van der Waals surface area contributed by atoms with E-state index in [1.165, 1.54) is 28.8 Å². The molecule has 31 heavy (non-hydrogen) atoms. The Hall–Kier alpha value is -3.23. The number of hydrogen-bond acceptors (Lipinski definition) is 6. The van der Waals surface area contributed by atoms with Crippen LogP contribution in [-0.4, -0.2) is 40.5 Å². The molecule has 1 aliphatic rings. The minimum atomic E-state index is -0.434. The Morgan fingerprint density at radius 3 is 2.81 bits per heavy atom. The maximum Gasteiger partial charge on any atom is 0.295 e. The van der Waals surface area contributed by atoms with Crippen molar-refractivity contribution in [2.75, 3.05) is 25.1 Å². The van der Waals surface area contributed by atoms with E-state index in [0.29, 0.717) is 41.4 Å². The number of ether oxygens (including phenoxy) is 2. The number of nitrogens with one attached hydrogen (secondary N) is 1. The van der Waals surface area contributed by atoms with Gasteiger partial charge in [-0.05, 0) is 49.2 Å². The van der Waals surface area contributed by atoms with Crippen LogP contribution in [0.5, 0.6) is 11.5 Å². The Balaban J connectivity index is 1.72. The van der Waals surface area contributed by atoms with Crippen molar-refractivity contribution < 1.29 is 19.0 Å². The zero-order chi connectivity index (χ0) is 21.8. The van der Waals surface area contributed by atoms with Gasteiger partial charge in [-0.25, -0.2) is 9.37 Å². The highest BCUT2D eigenvalue weighted by Crippen LogP contribution is 2.27. The van der Waals surface area contributed by atoms with Crippen molar-refractivity contribution in [3.05, 3.63) is 64.7 Å². The largest absolute Gasteiger partial charge is 0.451 e. The summed E-state index contributed by atoms with van der Waals surface area (Å²) in [4.78, 5) is 17.7. The third-order valence-electron chi connectivity index (χ3n) is 5.21. The Morgan fingerprint density at radius 2 is 2.06 bits per heavy atom. The van der Waals surface area contributed by atoms with Crippen molar-refractivity contribution in [1.82, 2.24) is 9.55 Å². The van der Waals surface area contributed by atoms with Crippen molar-refractivity contribution in [2.45, 2.75) is 25.4 Å². The van der Waals surface area contributed by atoms with Crippen LogP contribution in [0, 0.1) is 5.82 Å². The molecule has 2 aromatic heterocycles. The van der Waals surface area contributed by atoms with Crippen LogP contribution in [0.15, 0.2) is 47.8 Å². The van der Waals surface area contributed by atoms with Gasteiger partial charge in [-0.15, -0.1) is 0 Å². The second kappa shape index (κ2) is 9.28. The van der Waals surface area contributed by atoms with E-state index < -0.39 is 11.4 Å². The first kappa shape index (κ1) is 21.0. The van der Waals surface area contributed by atoms with Crippen LogP contribution in [0.2, 0.25) is 0 Å². The van der Waals surface area contributed by atoms with Gasteiger partial charge in [0.05, 0.1) is 13.2 Å². The number of hydrogen-bond donors (Lipinski definition) is 2. The van der Waals surface area contributed by atoms with Crippen LogP contribution < -0.4 is 15.6 Å². The number of anilines is 1. The maximum atomic E-state index is 13.5. The number of pyridine rings is 2. The van der Waals surface area contributed by atoms with Gasteiger partial charge in [-0.2, -0.15) is 0 Å². The van der Waals surface area contributed by atoms with Gasteiger partial charge >= 0.3 is 0 Å². The van der Waals surface area contributed by atoms with E-state index in [4.69, 9.17) is 9.47 Å². The summed E-state index contributed by atoms with van der Waals surface area (Å²) in [6, 6.07) is 9.55. The van der Waals surface area contributed by atoms with E-state index in [0.717, 1.165) is 12.8 Å². The summed E-state index contributed by atoms with van der Waals surface area (Å²) >= 11 is 0. The first-order valence-electron chi connectivity index (χ1n) is 10.2. The summed E-state index contributed by atoms with van der Waals surface area (Å²) in [6.07, 6.45) is 3.24. The van der Waals surface area contributed by atoms with E-state index in [-0.39, 0.29) is 24.9 Å². The summed E-state index contributed by atoms with van der Waals surface area (Å²) < 4.78 is 26.1. The van der Waals surface area contributed by atoms with Crippen LogP contribution in [0.1, 0.15) is 18.4 Å². The molecule has 8 heteroatoms. The van der Waals surface area contributed by atoms with Gasteiger partial charge in [-0.1, -0.05) is 12.7 Å². The Morgan fingerprint density at radius 1 is 1.26 bits per heavy atom. The van der Waals surface area contributed by atoms with Gasteiger partial charge < -0.3 is 19.9 Å². The number of nitrogens with zero attached hydrogens (tertiary/aromatic N) is 2. The number of halogens is 1. The molecule has 1 saturated heterocycles. The predicted molar refractivity (Wildman–Crippen MR) is 117 cm³/mol. The molecular formula is C23H24FN3O4. The van der Waals surface area contributed by atoms with Crippen LogP contribution >= 0.6 is 0 Å². The zero-order valence-corrected chi connectivity index (χ0v) is 17.0. The molecule has 0 bridgehead atoms.